The first kappa shape index (κ1) is 12.9. The van der Waals surface area contributed by atoms with E-state index in [2.05, 4.69) is 10.2 Å². The van der Waals surface area contributed by atoms with Crippen molar-refractivity contribution in [2.45, 2.75) is 6.42 Å². The molecule has 2 aromatic carbocycles. The Kier molecular flexibility index (Phi) is 3.52. The van der Waals surface area contributed by atoms with E-state index in [9.17, 15) is 8.78 Å². The van der Waals surface area contributed by atoms with E-state index in [-0.39, 0.29) is 12.0 Å². The molecule has 1 aromatic heterocycles. The van der Waals surface area contributed by atoms with Crippen molar-refractivity contribution in [2.24, 2.45) is 0 Å². The van der Waals surface area contributed by atoms with Crippen molar-refractivity contribution in [2.75, 3.05) is 0 Å². The second-order valence-corrected chi connectivity index (χ2v) is 5.21. The number of benzene rings is 2. The van der Waals surface area contributed by atoms with Crippen LogP contribution in [0, 0.1) is 11.6 Å². The first-order valence-electron chi connectivity index (χ1n) is 6.02. The lowest BCUT2D eigenvalue weighted by molar-refractivity contribution is 0.561. The smallest absolute Gasteiger partial charge is 0.130 e. The van der Waals surface area contributed by atoms with E-state index in [1.807, 2.05) is 30.3 Å². The van der Waals surface area contributed by atoms with E-state index in [1.54, 1.807) is 5.51 Å². The van der Waals surface area contributed by atoms with Gasteiger partial charge in [-0.2, -0.15) is 0 Å². The summed E-state index contributed by atoms with van der Waals surface area (Å²) in [6.07, 6.45) is 0.122. The van der Waals surface area contributed by atoms with E-state index in [1.165, 1.54) is 23.5 Å². The fourth-order valence-corrected chi connectivity index (χ4v) is 2.53. The molecule has 0 radical (unpaired) electrons. The molecule has 0 saturated heterocycles. The highest BCUT2D eigenvalue weighted by atomic mass is 32.1. The molecule has 0 aliphatic rings. The molecule has 2 nitrogen and oxygen atoms in total. The molecular formula is C15H10F2N2S. The number of rotatable bonds is 3. The molecule has 3 aromatic rings. The van der Waals surface area contributed by atoms with E-state index < -0.39 is 11.6 Å². The van der Waals surface area contributed by atoms with Gasteiger partial charge < -0.3 is 0 Å². The maximum absolute atomic E-state index is 14.1. The molecular weight excluding hydrogens is 278 g/mol. The normalized spacial score (nSPS) is 10.7. The van der Waals surface area contributed by atoms with Crippen LogP contribution in [0.25, 0.3) is 11.1 Å². The van der Waals surface area contributed by atoms with Crippen LogP contribution in [0.15, 0.2) is 48.0 Å². The molecule has 0 N–H and O–H groups in total. The fourth-order valence-electron chi connectivity index (χ4n) is 1.99. The minimum Gasteiger partial charge on any atom is -0.207 e. The van der Waals surface area contributed by atoms with Crippen LogP contribution >= 0.6 is 11.3 Å². The van der Waals surface area contributed by atoms with Gasteiger partial charge in [0.25, 0.3) is 0 Å². The third-order valence-corrected chi connectivity index (χ3v) is 3.68. The van der Waals surface area contributed by atoms with E-state index in [0.717, 1.165) is 5.56 Å². The van der Waals surface area contributed by atoms with Crippen LogP contribution in [0.1, 0.15) is 10.6 Å². The lowest BCUT2D eigenvalue weighted by Crippen LogP contribution is -1.98. The van der Waals surface area contributed by atoms with Crippen LogP contribution < -0.4 is 0 Å². The van der Waals surface area contributed by atoms with Crippen molar-refractivity contribution in [3.63, 3.8) is 0 Å². The van der Waals surface area contributed by atoms with Crippen molar-refractivity contribution in [3.05, 3.63) is 70.2 Å². The molecule has 0 aliphatic carbocycles. The lowest BCUT2D eigenvalue weighted by Gasteiger charge is -2.07. The average molecular weight is 288 g/mol. The van der Waals surface area contributed by atoms with Gasteiger partial charge in [0, 0.05) is 12.0 Å². The standard InChI is InChI=1S/C15H10F2N2S/c16-13-6-11(10-4-2-1-3-5-10)7-14(17)12(13)8-15-19-18-9-20-15/h1-7,9H,8H2. The van der Waals surface area contributed by atoms with Crippen molar-refractivity contribution < 1.29 is 8.78 Å². The molecule has 0 unspecified atom stereocenters. The SMILES string of the molecule is Fc1cc(-c2ccccc2)cc(F)c1Cc1nncs1. The molecule has 1 heterocycles. The zero-order valence-electron chi connectivity index (χ0n) is 10.4. The Hall–Kier alpha value is -2.14. The van der Waals surface area contributed by atoms with Crippen molar-refractivity contribution in [1.29, 1.82) is 0 Å². The number of hydrogen-bond acceptors (Lipinski definition) is 3. The second kappa shape index (κ2) is 5.46. The Labute approximate surface area is 118 Å². The molecule has 0 atom stereocenters. The predicted octanol–water partition coefficient (Wildman–Crippen LogP) is 4.07. The largest absolute Gasteiger partial charge is 0.207 e. The minimum atomic E-state index is -0.556. The highest BCUT2D eigenvalue weighted by Crippen LogP contribution is 2.26. The molecule has 5 heteroatoms. The van der Waals surface area contributed by atoms with Gasteiger partial charge >= 0.3 is 0 Å². The van der Waals surface area contributed by atoms with E-state index in [0.29, 0.717) is 10.6 Å². The Morgan fingerprint density at radius 3 is 2.25 bits per heavy atom. The molecule has 0 aliphatic heterocycles. The Balaban J connectivity index is 1.99. The van der Waals surface area contributed by atoms with Crippen LogP contribution in [0.3, 0.4) is 0 Å². The van der Waals surface area contributed by atoms with Crippen LogP contribution in [0.2, 0.25) is 0 Å². The van der Waals surface area contributed by atoms with Gasteiger partial charge in [0.1, 0.15) is 22.2 Å². The molecule has 0 amide bonds. The van der Waals surface area contributed by atoms with Crippen LogP contribution in [0.4, 0.5) is 8.78 Å². The predicted molar refractivity (Wildman–Crippen MR) is 74.5 cm³/mol. The van der Waals surface area contributed by atoms with E-state index >= 15 is 0 Å². The van der Waals surface area contributed by atoms with Gasteiger partial charge in [-0.05, 0) is 23.3 Å². The minimum absolute atomic E-state index is 0.0291. The van der Waals surface area contributed by atoms with Gasteiger partial charge in [0.05, 0.1) is 0 Å². The Bertz CT molecular complexity index is 689. The average Bonchev–Trinajstić information content (AvgIpc) is 2.97. The van der Waals surface area contributed by atoms with E-state index in [4.69, 9.17) is 0 Å². The van der Waals surface area contributed by atoms with Gasteiger partial charge in [-0.3, -0.25) is 0 Å². The number of hydrogen-bond donors (Lipinski definition) is 0. The molecule has 0 bridgehead atoms. The summed E-state index contributed by atoms with van der Waals surface area (Å²) < 4.78 is 28.2. The quantitative estimate of drug-likeness (QED) is 0.726. The zero-order chi connectivity index (χ0) is 13.9. The lowest BCUT2D eigenvalue weighted by atomic mass is 10.0. The van der Waals surface area contributed by atoms with Crippen molar-refractivity contribution in [1.82, 2.24) is 10.2 Å². The highest BCUT2D eigenvalue weighted by Gasteiger charge is 2.14. The summed E-state index contributed by atoms with van der Waals surface area (Å²) in [6, 6.07) is 11.9. The first-order chi connectivity index (χ1) is 9.74. The Morgan fingerprint density at radius 2 is 1.65 bits per heavy atom. The summed E-state index contributed by atoms with van der Waals surface area (Å²) >= 11 is 1.28. The summed E-state index contributed by atoms with van der Waals surface area (Å²) in [5.41, 5.74) is 2.89. The van der Waals surface area contributed by atoms with Gasteiger partial charge in [-0.25, -0.2) is 8.78 Å². The third-order valence-electron chi connectivity index (χ3n) is 2.98. The molecule has 0 spiro atoms. The third kappa shape index (κ3) is 2.58. The number of aromatic nitrogens is 2. The maximum atomic E-state index is 14.1. The first-order valence-corrected chi connectivity index (χ1v) is 6.90. The highest BCUT2D eigenvalue weighted by molar-refractivity contribution is 7.09. The van der Waals surface area contributed by atoms with Crippen molar-refractivity contribution in [3.8, 4) is 11.1 Å². The summed E-state index contributed by atoms with van der Waals surface area (Å²) in [4.78, 5) is 0. The van der Waals surface area contributed by atoms with Crippen LogP contribution in [-0.2, 0) is 6.42 Å². The topological polar surface area (TPSA) is 25.8 Å². The van der Waals surface area contributed by atoms with Crippen LogP contribution in [0.5, 0.6) is 0 Å². The Morgan fingerprint density at radius 1 is 0.950 bits per heavy atom. The summed E-state index contributed by atoms with van der Waals surface area (Å²) in [5.74, 6) is -1.11. The number of nitrogens with zero attached hydrogens (tertiary/aromatic N) is 2. The summed E-state index contributed by atoms with van der Waals surface area (Å²) in [7, 11) is 0. The van der Waals surface area contributed by atoms with Crippen LogP contribution in [-0.4, -0.2) is 10.2 Å². The molecule has 0 fully saturated rings. The summed E-state index contributed by atoms with van der Waals surface area (Å²) in [5, 5.41) is 8.07. The molecule has 0 saturated carbocycles. The zero-order valence-corrected chi connectivity index (χ0v) is 11.2. The monoisotopic (exact) mass is 288 g/mol. The van der Waals surface area contributed by atoms with Gasteiger partial charge in [0.2, 0.25) is 0 Å². The van der Waals surface area contributed by atoms with Crippen molar-refractivity contribution >= 4 is 11.3 Å². The second-order valence-electron chi connectivity index (χ2n) is 4.29. The number of halogens is 2. The fraction of sp³-hybridized carbons (Fsp3) is 0.0667. The maximum Gasteiger partial charge on any atom is 0.130 e. The summed E-state index contributed by atoms with van der Waals surface area (Å²) in [6.45, 7) is 0. The van der Waals surface area contributed by atoms with Gasteiger partial charge in [-0.15, -0.1) is 21.5 Å². The van der Waals surface area contributed by atoms with Gasteiger partial charge in [-0.1, -0.05) is 30.3 Å². The molecule has 100 valence electrons. The van der Waals surface area contributed by atoms with Gasteiger partial charge in [0.15, 0.2) is 0 Å². The molecule has 20 heavy (non-hydrogen) atoms. The molecule has 3 rings (SSSR count).